The summed E-state index contributed by atoms with van der Waals surface area (Å²) in [4.78, 5) is 21.6. The summed E-state index contributed by atoms with van der Waals surface area (Å²) in [6.45, 7) is 0.617. The average molecular weight is 157 g/mol. The molecule has 2 amide bonds. The first-order valence-electron chi connectivity index (χ1n) is 3.44. The Morgan fingerprint density at radius 3 is 2.00 bits per heavy atom. The maximum atomic E-state index is 10.8. The fourth-order valence-corrected chi connectivity index (χ4v) is 1.29. The molecule has 1 aliphatic heterocycles. The Balaban J connectivity index is 2.87. The van der Waals surface area contributed by atoms with Crippen molar-refractivity contribution < 1.29 is 9.59 Å². The third kappa shape index (κ3) is 1.07. The van der Waals surface area contributed by atoms with E-state index in [9.17, 15) is 9.59 Å². The number of primary amides is 2. The van der Waals surface area contributed by atoms with E-state index < -0.39 is 17.4 Å². The molecule has 0 spiro atoms. The quantitative estimate of drug-likeness (QED) is 0.407. The van der Waals surface area contributed by atoms with Gasteiger partial charge in [0.2, 0.25) is 11.8 Å². The second-order valence-corrected chi connectivity index (χ2v) is 2.66. The zero-order valence-corrected chi connectivity index (χ0v) is 6.09. The molecule has 1 fully saturated rings. The van der Waals surface area contributed by atoms with Gasteiger partial charge in [0.1, 0.15) is 0 Å². The third-order valence-corrected chi connectivity index (χ3v) is 2.00. The maximum absolute atomic E-state index is 10.8. The van der Waals surface area contributed by atoms with E-state index in [4.69, 9.17) is 11.5 Å². The number of rotatable bonds is 2. The number of carbonyl (C=O) groups is 2. The van der Waals surface area contributed by atoms with E-state index >= 15 is 0 Å². The molecule has 1 saturated heterocycles. The Kier molecular flexibility index (Phi) is 1.82. The van der Waals surface area contributed by atoms with Gasteiger partial charge in [-0.25, -0.2) is 0 Å². The van der Waals surface area contributed by atoms with Gasteiger partial charge in [-0.1, -0.05) is 0 Å². The van der Waals surface area contributed by atoms with E-state index in [0.29, 0.717) is 13.0 Å². The number of hydrogen-bond donors (Lipinski definition) is 3. The first-order chi connectivity index (χ1) is 5.09. The molecule has 1 rings (SSSR count). The number of amides is 2. The average Bonchev–Trinajstić information content (AvgIpc) is 2.34. The van der Waals surface area contributed by atoms with Gasteiger partial charge in [0.25, 0.3) is 0 Å². The minimum Gasteiger partial charge on any atom is -0.368 e. The molecule has 1 heterocycles. The molecule has 0 unspecified atom stereocenters. The summed E-state index contributed by atoms with van der Waals surface area (Å²) in [5.74, 6) is -1.36. The molecule has 5 N–H and O–H groups in total. The molecule has 0 aromatic carbocycles. The van der Waals surface area contributed by atoms with E-state index in [0.717, 1.165) is 6.42 Å². The van der Waals surface area contributed by atoms with Gasteiger partial charge >= 0.3 is 0 Å². The summed E-state index contributed by atoms with van der Waals surface area (Å²) in [6.07, 6.45) is 1.17. The van der Waals surface area contributed by atoms with Gasteiger partial charge < -0.3 is 11.5 Å². The van der Waals surface area contributed by atoms with Crippen molar-refractivity contribution in [2.45, 2.75) is 18.4 Å². The number of hydrogen-bond acceptors (Lipinski definition) is 3. The van der Waals surface area contributed by atoms with Crippen molar-refractivity contribution in [1.29, 1.82) is 0 Å². The minimum atomic E-state index is -1.28. The second-order valence-electron chi connectivity index (χ2n) is 2.66. The van der Waals surface area contributed by atoms with Crippen LogP contribution in [0.5, 0.6) is 0 Å². The van der Waals surface area contributed by atoms with Crippen molar-refractivity contribution in [3.8, 4) is 0 Å². The highest BCUT2D eigenvalue weighted by atomic mass is 16.2. The summed E-state index contributed by atoms with van der Waals surface area (Å²) in [7, 11) is 0. The van der Waals surface area contributed by atoms with Crippen LogP contribution in [-0.2, 0) is 9.59 Å². The molecule has 0 bridgehead atoms. The van der Waals surface area contributed by atoms with Gasteiger partial charge in [-0.2, -0.15) is 0 Å². The molecule has 0 aromatic rings. The van der Waals surface area contributed by atoms with Crippen LogP contribution in [0.2, 0.25) is 0 Å². The largest absolute Gasteiger partial charge is 0.368 e. The summed E-state index contributed by atoms with van der Waals surface area (Å²) in [6, 6.07) is 0. The third-order valence-electron chi connectivity index (χ3n) is 2.00. The highest BCUT2D eigenvalue weighted by molar-refractivity contribution is 6.08. The Labute approximate surface area is 64.1 Å². The van der Waals surface area contributed by atoms with Crippen molar-refractivity contribution in [3.05, 3.63) is 0 Å². The smallest absolute Gasteiger partial charge is 0.247 e. The molecular formula is C6H11N3O2. The van der Waals surface area contributed by atoms with Crippen LogP contribution in [-0.4, -0.2) is 23.9 Å². The highest BCUT2D eigenvalue weighted by Gasteiger charge is 2.44. The molecule has 5 nitrogen and oxygen atoms in total. The first kappa shape index (κ1) is 8.00. The lowest BCUT2D eigenvalue weighted by atomic mass is 9.96. The van der Waals surface area contributed by atoms with E-state index in [2.05, 4.69) is 5.32 Å². The standard InChI is InChI=1S/C6H11N3O2/c7-4(10)6(5(8)11)2-1-3-9-6/h9H,1-3H2,(H2,7,10)(H2,8,11). The van der Waals surface area contributed by atoms with Crippen molar-refractivity contribution >= 4 is 11.8 Å². The Morgan fingerprint density at radius 1 is 1.27 bits per heavy atom. The van der Waals surface area contributed by atoms with Crippen molar-refractivity contribution in [1.82, 2.24) is 5.32 Å². The predicted molar refractivity (Wildman–Crippen MR) is 38.4 cm³/mol. The molecule has 62 valence electrons. The van der Waals surface area contributed by atoms with Gasteiger partial charge in [0, 0.05) is 0 Å². The van der Waals surface area contributed by atoms with E-state index in [1.807, 2.05) is 0 Å². The fraction of sp³-hybridized carbons (Fsp3) is 0.667. The summed E-state index contributed by atoms with van der Waals surface area (Å²) < 4.78 is 0. The number of nitrogens with one attached hydrogen (secondary N) is 1. The van der Waals surface area contributed by atoms with Crippen LogP contribution in [0.3, 0.4) is 0 Å². The predicted octanol–water partition coefficient (Wildman–Crippen LogP) is -1.92. The van der Waals surface area contributed by atoms with Crippen LogP contribution in [0.4, 0.5) is 0 Å². The van der Waals surface area contributed by atoms with Crippen molar-refractivity contribution in [2.24, 2.45) is 11.5 Å². The molecule has 5 heteroatoms. The SMILES string of the molecule is NC(=O)C1(C(N)=O)CCCN1. The minimum absolute atomic E-state index is 0.414. The summed E-state index contributed by atoms with van der Waals surface area (Å²) in [5, 5.41) is 2.72. The molecule has 0 aliphatic carbocycles. The summed E-state index contributed by atoms with van der Waals surface area (Å²) >= 11 is 0. The van der Waals surface area contributed by atoms with Crippen LogP contribution >= 0.6 is 0 Å². The fourth-order valence-electron chi connectivity index (χ4n) is 1.29. The molecule has 0 saturated carbocycles. The first-order valence-corrected chi connectivity index (χ1v) is 3.44. The normalized spacial score (nSPS) is 21.5. The second kappa shape index (κ2) is 2.50. The van der Waals surface area contributed by atoms with Crippen molar-refractivity contribution in [3.63, 3.8) is 0 Å². The lowest BCUT2D eigenvalue weighted by Crippen LogP contribution is -2.60. The van der Waals surface area contributed by atoms with Crippen LogP contribution in [0.15, 0.2) is 0 Å². The van der Waals surface area contributed by atoms with Crippen molar-refractivity contribution in [2.75, 3.05) is 6.54 Å². The molecule has 0 aromatic heterocycles. The Morgan fingerprint density at radius 2 is 1.82 bits per heavy atom. The molecule has 0 atom stereocenters. The Hall–Kier alpha value is -1.10. The topological polar surface area (TPSA) is 98.2 Å². The van der Waals surface area contributed by atoms with Crippen LogP contribution < -0.4 is 16.8 Å². The summed E-state index contributed by atoms with van der Waals surface area (Å²) in [5.41, 5.74) is 8.78. The van der Waals surface area contributed by atoms with Gasteiger partial charge in [-0.05, 0) is 19.4 Å². The van der Waals surface area contributed by atoms with Crippen LogP contribution in [0.1, 0.15) is 12.8 Å². The molecular weight excluding hydrogens is 146 g/mol. The number of carbonyl (C=O) groups excluding carboxylic acids is 2. The maximum Gasteiger partial charge on any atom is 0.247 e. The van der Waals surface area contributed by atoms with Gasteiger partial charge in [-0.3, -0.25) is 14.9 Å². The molecule has 11 heavy (non-hydrogen) atoms. The van der Waals surface area contributed by atoms with Gasteiger partial charge in [0.15, 0.2) is 5.54 Å². The molecule has 0 radical (unpaired) electrons. The molecule has 1 aliphatic rings. The van der Waals surface area contributed by atoms with E-state index in [-0.39, 0.29) is 0 Å². The van der Waals surface area contributed by atoms with E-state index in [1.54, 1.807) is 0 Å². The van der Waals surface area contributed by atoms with E-state index in [1.165, 1.54) is 0 Å². The zero-order chi connectivity index (χ0) is 8.48. The van der Waals surface area contributed by atoms with Gasteiger partial charge in [0.05, 0.1) is 0 Å². The highest BCUT2D eigenvalue weighted by Crippen LogP contribution is 2.17. The van der Waals surface area contributed by atoms with Crippen LogP contribution in [0.25, 0.3) is 0 Å². The Bertz CT molecular complexity index is 180. The van der Waals surface area contributed by atoms with Gasteiger partial charge in [-0.15, -0.1) is 0 Å². The number of nitrogens with two attached hydrogens (primary N) is 2. The monoisotopic (exact) mass is 157 g/mol. The van der Waals surface area contributed by atoms with Crippen LogP contribution in [0, 0.1) is 0 Å². The lowest BCUT2D eigenvalue weighted by Gasteiger charge is -2.20. The lowest BCUT2D eigenvalue weighted by molar-refractivity contribution is -0.134. The zero-order valence-electron chi connectivity index (χ0n) is 6.09.